The van der Waals surface area contributed by atoms with E-state index in [0.29, 0.717) is 6.42 Å². The van der Waals surface area contributed by atoms with Gasteiger partial charge in [-0.25, -0.2) is 4.39 Å². The van der Waals surface area contributed by atoms with Crippen LogP contribution in [0.5, 0.6) is 0 Å². The van der Waals surface area contributed by atoms with Gasteiger partial charge < -0.3 is 4.90 Å². The molecule has 0 saturated heterocycles. The zero-order valence-corrected chi connectivity index (χ0v) is 8.46. The summed E-state index contributed by atoms with van der Waals surface area (Å²) >= 11 is 0. The van der Waals surface area contributed by atoms with Gasteiger partial charge in [0.05, 0.1) is 0 Å². The molecular weight excluding hydrogens is 181 g/mol. The molecule has 0 atom stereocenters. The van der Waals surface area contributed by atoms with E-state index in [-0.39, 0.29) is 11.7 Å². The Morgan fingerprint density at radius 3 is 2.43 bits per heavy atom. The van der Waals surface area contributed by atoms with E-state index in [0.717, 1.165) is 12.1 Å². The molecule has 1 rings (SSSR count). The fourth-order valence-corrected chi connectivity index (χ4v) is 1.19. The molecule has 0 saturated carbocycles. The first-order chi connectivity index (χ1) is 6.65. The third-order valence-corrected chi connectivity index (χ3v) is 2.05. The van der Waals surface area contributed by atoms with E-state index in [4.69, 9.17) is 0 Å². The smallest absolute Gasteiger partial charge is 0.226 e. The molecule has 0 aromatic heterocycles. The number of carbonyl (C=O) groups is 1. The Labute approximate surface area is 83.3 Å². The fraction of sp³-hybridized carbons (Fsp3) is 0.364. The number of benzene rings is 1. The third-order valence-electron chi connectivity index (χ3n) is 2.05. The van der Waals surface area contributed by atoms with E-state index in [1.165, 1.54) is 12.1 Å². The van der Waals surface area contributed by atoms with Gasteiger partial charge in [0.1, 0.15) is 5.82 Å². The highest BCUT2D eigenvalue weighted by Gasteiger charge is 2.08. The summed E-state index contributed by atoms with van der Waals surface area (Å²) in [4.78, 5) is 13.0. The summed E-state index contributed by atoms with van der Waals surface area (Å²) in [6.07, 6.45) is 1.35. The maximum atomic E-state index is 12.6. The van der Waals surface area contributed by atoms with Gasteiger partial charge >= 0.3 is 0 Å². The van der Waals surface area contributed by atoms with Crippen LogP contribution in [-0.2, 0) is 4.79 Å². The first-order valence-electron chi connectivity index (χ1n) is 4.67. The Bertz CT molecular complexity index is 308. The molecule has 0 fully saturated rings. The number of amides is 1. The Morgan fingerprint density at radius 2 is 1.93 bits per heavy atom. The maximum Gasteiger partial charge on any atom is 0.226 e. The normalized spacial score (nSPS) is 9.93. The molecule has 3 heteroatoms. The molecule has 0 aliphatic carbocycles. The van der Waals surface area contributed by atoms with Crippen LogP contribution in [0.1, 0.15) is 19.8 Å². The lowest BCUT2D eigenvalue weighted by Gasteiger charge is -2.16. The van der Waals surface area contributed by atoms with Gasteiger partial charge in [-0.2, -0.15) is 0 Å². The fourth-order valence-electron chi connectivity index (χ4n) is 1.19. The summed E-state index contributed by atoms with van der Waals surface area (Å²) < 4.78 is 12.6. The SMILES string of the molecule is CCCC(=O)N(C)c1ccc(F)cc1. The number of nitrogens with zero attached hydrogens (tertiary/aromatic N) is 1. The lowest BCUT2D eigenvalue weighted by Crippen LogP contribution is -2.25. The monoisotopic (exact) mass is 195 g/mol. The second kappa shape index (κ2) is 4.74. The lowest BCUT2D eigenvalue weighted by atomic mass is 10.2. The van der Waals surface area contributed by atoms with Crippen molar-refractivity contribution < 1.29 is 9.18 Å². The molecule has 76 valence electrons. The predicted molar refractivity (Wildman–Crippen MR) is 54.7 cm³/mol. The second-order valence-electron chi connectivity index (χ2n) is 3.18. The Balaban J connectivity index is 2.73. The van der Waals surface area contributed by atoms with Gasteiger partial charge in [0.15, 0.2) is 0 Å². The molecule has 0 aliphatic rings. The van der Waals surface area contributed by atoms with Crippen LogP contribution in [0.2, 0.25) is 0 Å². The average molecular weight is 195 g/mol. The molecule has 0 unspecified atom stereocenters. The van der Waals surface area contributed by atoms with Gasteiger partial charge in [-0.15, -0.1) is 0 Å². The van der Waals surface area contributed by atoms with Crippen molar-refractivity contribution in [2.45, 2.75) is 19.8 Å². The van der Waals surface area contributed by atoms with Crippen LogP contribution in [0.25, 0.3) is 0 Å². The maximum absolute atomic E-state index is 12.6. The first kappa shape index (κ1) is 10.7. The van der Waals surface area contributed by atoms with Crippen LogP contribution in [0.15, 0.2) is 24.3 Å². The lowest BCUT2D eigenvalue weighted by molar-refractivity contribution is -0.118. The van der Waals surface area contributed by atoms with Crippen molar-refractivity contribution in [3.05, 3.63) is 30.1 Å². The van der Waals surface area contributed by atoms with Crippen molar-refractivity contribution >= 4 is 11.6 Å². The zero-order valence-electron chi connectivity index (χ0n) is 8.46. The predicted octanol–water partition coefficient (Wildman–Crippen LogP) is 2.59. The summed E-state index contributed by atoms with van der Waals surface area (Å²) in [6.45, 7) is 1.95. The quantitative estimate of drug-likeness (QED) is 0.726. The zero-order chi connectivity index (χ0) is 10.6. The van der Waals surface area contributed by atoms with Gasteiger partial charge in [-0.05, 0) is 30.7 Å². The van der Waals surface area contributed by atoms with Crippen LogP contribution < -0.4 is 4.90 Å². The molecule has 1 amide bonds. The number of halogens is 1. The Hall–Kier alpha value is -1.38. The topological polar surface area (TPSA) is 20.3 Å². The van der Waals surface area contributed by atoms with Crippen molar-refractivity contribution in [2.24, 2.45) is 0 Å². The van der Waals surface area contributed by atoms with E-state index < -0.39 is 0 Å². The number of rotatable bonds is 3. The molecule has 0 N–H and O–H groups in total. The molecule has 1 aromatic carbocycles. The third kappa shape index (κ3) is 2.55. The van der Waals surface area contributed by atoms with E-state index in [9.17, 15) is 9.18 Å². The molecule has 0 heterocycles. The highest BCUT2D eigenvalue weighted by molar-refractivity contribution is 5.92. The molecular formula is C11H14FNO. The van der Waals surface area contributed by atoms with Gasteiger partial charge in [0, 0.05) is 19.2 Å². The standard InChI is InChI=1S/C11H14FNO/c1-3-4-11(14)13(2)10-7-5-9(12)6-8-10/h5-8H,3-4H2,1-2H3. The van der Waals surface area contributed by atoms with Gasteiger partial charge in [-0.1, -0.05) is 6.92 Å². The largest absolute Gasteiger partial charge is 0.316 e. The molecule has 0 radical (unpaired) electrons. The van der Waals surface area contributed by atoms with Gasteiger partial charge in [-0.3, -0.25) is 4.79 Å². The van der Waals surface area contributed by atoms with Crippen LogP contribution in [0.3, 0.4) is 0 Å². The minimum absolute atomic E-state index is 0.0547. The number of anilines is 1. The summed E-state index contributed by atoms with van der Waals surface area (Å²) in [5, 5.41) is 0. The van der Waals surface area contributed by atoms with Gasteiger partial charge in [0.25, 0.3) is 0 Å². The minimum atomic E-state index is -0.287. The van der Waals surface area contributed by atoms with Crippen molar-refractivity contribution in [3.63, 3.8) is 0 Å². The molecule has 2 nitrogen and oxygen atoms in total. The molecule has 1 aromatic rings. The summed E-state index contributed by atoms with van der Waals surface area (Å²) in [7, 11) is 1.70. The van der Waals surface area contributed by atoms with E-state index in [1.54, 1.807) is 24.1 Å². The van der Waals surface area contributed by atoms with Crippen LogP contribution in [0, 0.1) is 5.82 Å². The van der Waals surface area contributed by atoms with E-state index >= 15 is 0 Å². The first-order valence-corrected chi connectivity index (χ1v) is 4.67. The number of carbonyl (C=O) groups excluding carboxylic acids is 1. The molecule has 0 bridgehead atoms. The van der Waals surface area contributed by atoms with Crippen LogP contribution >= 0.6 is 0 Å². The minimum Gasteiger partial charge on any atom is -0.316 e. The van der Waals surface area contributed by atoms with Crippen molar-refractivity contribution in [1.29, 1.82) is 0 Å². The van der Waals surface area contributed by atoms with Crippen LogP contribution in [0.4, 0.5) is 10.1 Å². The highest BCUT2D eigenvalue weighted by Crippen LogP contribution is 2.14. The van der Waals surface area contributed by atoms with Gasteiger partial charge in [0.2, 0.25) is 5.91 Å². The molecule has 14 heavy (non-hydrogen) atoms. The molecule has 0 spiro atoms. The van der Waals surface area contributed by atoms with Crippen molar-refractivity contribution in [2.75, 3.05) is 11.9 Å². The Morgan fingerprint density at radius 1 is 1.36 bits per heavy atom. The second-order valence-corrected chi connectivity index (χ2v) is 3.18. The van der Waals surface area contributed by atoms with E-state index in [2.05, 4.69) is 0 Å². The van der Waals surface area contributed by atoms with E-state index in [1.807, 2.05) is 6.92 Å². The summed E-state index contributed by atoms with van der Waals surface area (Å²) in [6, 6.07) is 5.90. The van der Waals surface area contributed by atoms with Crippen LogP contribution in [-0.4, -0.2) is 13.0 Å². The number of hydrogen-bond acceptors (Lipinski definition) is 1. The Kier molecular flexibility index (Phi) is 3.63. The number of hydrogen-bond donors (Lipinski definition) is 0. The summed E-state index contributed by atoms with van der Waals surface area (Å²) in [5.74, 6) is -0.232. The molecule has 0 aliphatic heterocycles. The summed E-state index contributed by atoms with van der Waals surface area (Å²) in [5.41, 5.74) is 0.727. The van der Waals surface area contributed by atoms with Crippen molar-refractivity contribution in [3.8, 4) is 0 Å². The van der Waals surface area contributed by atoms with Crippen molar-refractivity contribution in [1.82, 2.24) is 0 Å². The highest BCUT2D eigenvalue weighted by atomic mass is 19.1. The average Bonchev–Trinajstić information content (AvgIpc) is 2.18.